The summed E-state index contributed by atoms with van der Waals surface area (Å²) in [6.45, 7) is 7.95. The number of carbonyl (C=O) groups excluding carboxylic acids is 1. The molecule has 0 aliphatic carbocycles. The maximum Gasteiger partial charge on any atom is 0.257 e. The minimum Gasteiger partial charge on any atom is -0.488 e. The second-order valence-electron chi connectivity index (χ2n) is 7.78. The van der Waals surface area contributed by atoms with Crippen molar-refractivity contribution in [3.8, 4) is 5.75 Å². The number of aromatic nitrogens is 1. The van der Waals surface area contributed by atoms with Gasteiger partial charge in [-0.1, -0.05) is 41.0 Å². The van der Waals surface area contributed by atoms with Crippen LogP contribution in [-0.4, -0.2) is 47.0 Å². The molecule has 0 unspecified atom stereocenters. The first kappa shape index (κ1) is 21.4. The predicted octanol–water partition coefficient (Wildman–Crippen LogP) is 4.48. The summed E-state index contributed by atoms with van der Waals surface area (Å²) in [5.41, 5.74) is 3.53. The molecular weight excluding hydrogens is 414 g/mol. The standard InChI is InChI=1S/C24H26ClN3O3/c1-17-22(18(2)31-26-17)16-30-23-6-4-3-5-21(23)24(29)28-13-11-27(12-14-28)15-19-7-9-20(25)10-8-19/h3-10H,11-16H2,1-2H3. The molecule has 6 nitrogen and oxygen atoms in total. The van der Waals surface area contributed by atoms with E-state index in [0.29, 0.717) is 31.0 Å². The number of ether oxygens (including phenoxy) is 1. The van der Waals surface area contributed by atoms with Crippen molar-refractivity contribution in [2.24, 2.45) is 0 Å². The molecule has 1 saturated heterocycles. The first-order valence-electron chi connectivity index (χ1n) is 10.4. The highest BCUT2D eigenvalue weighted by Gasteiger charge is 2.24. The summed E-state index contributed by atoms with van der Waals surface area (Å²) in [6.07, 6.45) is 0. The van der Waals surface area contributed by atoms with Gasteiger partial charge in [0, 0.05) is 37.7 Å². The van der Waals surface area contributed by atoms with E-state index in [1.165, 1.54) is 5.56 Å². The van der Waals surface area contributed by atoms with Crippen LogP contribution in [0, 0.1) is 13.8 Å². The van der Waals surface area contributed by atoms with Gasteiger partial charge >= 0.3 is 0 Å². The number of rotatable bonds is 6. The van der Waals surface area contributed by atoms with Gasteiger partial charge < -0.3 is 14.2 Å². The van der Waals surface area contributed by atoms with Gasteiger partial charge in [-0.2, -0.15) is 0 Å². The third-order valence-electron chi connectivity index (χ3n) is 5.65. The fourth-order valence-electron chi connectivity index (χ4n) is 3.75. The highest BCUT2D eigenvalue weighted by Crippen LogP contribution is 2.23. The van der Waals surface area contributed by atoms with Crippen molar-refractivity contribution in [3.05, 3.63) is 81.7 Å². The Morgan fingerprint density at radius 3 is 2.45 bits per heavy atom. The van der Waals surface area contributed by atoms with Crippen LogP contribution in [0.2, 0.25) is 5.02 Å². The molecular formula is C24H26ClN3O3. The Bertz CT molecular complexity index is 1020. The molecule has 0 radical (unpaired) electrons. The fourth-order valence-corrected chi connectivity index (χ4v) is 3.88. The monoisotopic (exact) mass is 439 g/mol. The first-order valence-corrected chi connectivity index (χ1v) is 10.8. The zero-order valence-electron chi connectivity index (χ0n) is 17.8. The second kappa shape index (κ2) is 9.54. The predicted molar refractivity (Wildman–Crippen MR) is 119 cm³/mol. The second-order valence-corrected chi connectivity index (χ2v) is 8.22. The summed E-state index contributed by atoms with van der Waals surface area (Å²) in [4.78, 5) is 17.5. The number of amides is 1. The van der Waals surface area contributed by atoms with Crippen molar-refractivity contribution in [3.63, 3.8) is 0 Å². The third kappa shape index (κ3) is 5.09. The molecule has 7 heteroatoms. The van der Waals surface area contributed by atoms with Crippen LogP contribution in [0.1, 0.15) is 32.9 Å². The number of benzene rings is 2. The Kier molecular flexibility index (Phi) is 6.59. The van der Waals surface area contributed by atoms with E-state index in [-0.39, 0.29) is 5.91 Å². The quantitative estimate of drug-likeness (QED) is 0.566. The molecule has 0 N–H and O–H groups in total. The minimum atomic E-state index is 0.000468. The molecule has 4 rings (SSSR count). The molecule has 1 aliphatic heterocycles. The van der Waals surface area contributed by atoms with Crippen molar-refractivity contribution in [1.29, 1.82) is 0 Å². The molecule has 3 aromatic rings. The van der Waals surface area contributed by atoms with Crippen LogP contribution in [0.4, 0.5) is 0 Å². The van der Waals surface area contributed by atoms with Gasteiger partial charge in [-0.3, -0.25) is 9.69 Å². The highest BCUT2D eigenvalue weighted by molar-refractivity contribution is 6.30. The SMILES string of the molecule is Cc1noc(C)c1COc1ccccc1C(=O)N1CCN(Cc2ccc(Cl)cc2)CC1. The topological polar surface area (TPSA) is 58.8 Å². The summed E-state index contributed by atoms with van der Waals surface area (Å²) in [5.74, 6) is 1.31. The van der Waals surface area contributed by atoms with E-state index in [4.69, 9.17) is 20.9 Å². The van der Waals surface area contributed by atoms with Gasteiger partial charge in [0.05, 0.1) is 16.8 Å². The molecule has 0 spiro atoms. The minimum absolute atomic E-state index is 0.000468. The van der Waals surface area contributed by atoms with Crippen LogP contribution in [0.25, 0.3) is 0 Å². The number of para-hydroxylation sites is 1. The van der Waals surface area contributed by atoms with E-state index in [1.54, 1.807) is 0 Å². The lowest BCUT2D eigenvalue weighted by atomic mass is 10.1. The van der Waals surface area contributed by atoms with Crippen LogP contribution >= 0.6 is 11.6 Å². The van der Waals surface area contributed by atoms with Gasteiger partial charge in [-0.15, -0.1) is 0 Å². The lowest BCUT2D eigenvalue weighted by molar-refractivity contribution is 0.0624. The van der Waals surface area contributed by atoms with E-state index >= 15 is 0 Å². The van der Waals surface area contributed by atoms with Crippen LogP contribution in [0.3, 0.4) is 0 Å². The van der Waals surface area contributed by atoms with E-state index in [9.17, 15) is 4.79 Å². The third-order valence-corrected chi connectivity index (χ3v) is 5.90. The van der Waals surface area contributed by atoms with Gasteiger partial charge in [0.1, 0.15) is 18.1 Å². The zero-order valence-corrected chi connectivity index (χ0v) is 18.6. The van der Waals surface area contributed by atoms with Crippen molar-refractivity contribution in [2.75, 3.05) is 26.2 Å². The van der Waals surface area contributed by atoms with Gasteiger partial charge in [0.25, 0.3) is 5.91 Å². The number of hydrogen-bond acceptors (Lipinski definition) is 5. The number of hydrogen-bond donors (Lipinski definition) is 0. The summed E-state index contributed by atoms with van der Waals surface area (Å²) < 4.78 is 11.2. The van der Waals surface area contributed by atoms with E-state index in [1.807, 2.05) is 67.3 Å². The average Bonchev–Trinajstić information content (AvgIpc) is 3.11. The summed E-state index contributed by atoms with van der Waals surface area (Å²) in [5, 5.41) is 4.70. The summed E-state index contributed by atoms with van der Waals surface area (Å²) in [6, 6.07) is 15.3. The maximum atomic E-state index is 13.2. The van der Waals surface area contributed by atoms with E-state index in [2.05, 4.69) is 10.1 Å². The number of piperazine rings is 1. The lowest BCUT2D eigenvalue weighted by Gasteiger charge is -2.35. The van der Waals surface area contributed by atoms with Crippen LogP contribution in [-0.2, 0) is 13.2 Å². The van der Waals surface area contributed by atoms with Crippen molar-refractivity contribution in [1.82, 2.24) is 15.0 Å². The van der Waals surface area contributed by atoms with Crippen LogP contribution in [0.15, 0.2) is 53.1 Å². The van der Waals surface area contributed by atoms with Gasteiger partial charge in [-0.25, -0.2) is 0 Å². The Morgan fingerprint density at radius 1 is 1.06 bits per heavy atom. The molecule has 0 bridgehead atoms. The number of halogens is 1. The van der Waals surface area contributed by atoms with Crippen LogP contribution in [0.5, 0.6) is 5.75 Å². The zero-order chi connectivity index (χ0) is 21.8. The van der Waals surface area contributed by atoms with Gasteiger partial charge in [0.2, 0.25) is 0 Å². The summed E-state index contributed by atoms with van der Waals surface area (Å²) >= 11 is 5.97. The molecule has 162 valence electrons. The number of carbonyl (C=O) groups is 1. The van der Waals surface area contributed by atoms with Crippen molar-refractivity contribution in [2.45, 2.75) is 27.0 Å². The molecule has 1 aromatic heterocycles. The number of nitrogens with zero attached hydrogens (tertiary/aromatic N) is 3. The largest absolute Gasteiger partial charge is 0.488 e. The number of aryl methyl sites for hydroxylation is 2. The van der Waals surface area contributed by atoms with Gasteiger partial charge in [0.15, 0.2) is 0 Å². The van der Waals surface area contributed by atoms with Crippen molar-refractivity contribution >= 4 is 17.5 Å². The Morgan fingerprint density at radius 2 is 1.77 bits per heavy atom. The Hall–Kier alpha value is -2.83. The molecule has 0 saturated carbocycles. The molecule has 2 aromatic carbocycles. The smallest absolute Gasteiger partial charge is 0.257 e. The van der Waals surface area contributed by atoms with E-state index < -0.39 is 0 Å². The summed E-state index contributed by atoms with van der Waals surface area (Å²) in [7, 11) is 0. The Labute approximate surface area is 187 Å². The molecule has 1 aliphatic rings. The Balaban J connectivity index is 1.37. The molecule has 1 fully saturated rings. The molecule has 1 amide bonds. The maximum absolute atomic E-state index is 13.2. The van der Waals surface area contributed by atoms with E-state index in [0.717, 1.165) is 41.7 Å². The molecule has 31 heavy (non-hydrogen) atoms. The molecule has 0 atom stereocenters. The fraction of sp³-hybridized carbons (Fsp3) is 0.333. The average molecular weight is 440 g/mol. The first-order chi connectivity index (χ1) is 15.0. The van der Waals surface area contributed by atoms with Crippen LogP contribution < -0.4 is 4.74 Å². The lowest BCUT2D eigenvalue weighted by Crippen LogP contribution is -2.48. The highest BCUT2D eigenvalue weighted by atomic mass is 35.5. The van der Waals surface area contributed by atoms with Crippen molar-refractivity contribution < 1.29 is 14.1 Å². The normalized spacial score (nSPS) is 14.6. The molecule has 2 heterocycles. The van der Waals surface area contributed by atoms with Gasteiger partial charge in [-0.05, 0) is 43.7 Å².